The molecule has 152 valence electrons. The fourth-order valence-corrected chi connectivity index (χ4v) is 5.24. The quantitative estimate of drug-likeness (QED) is 0.605. The predicted molar refractivity (Wildman–Crippen MR) is 108 cm³/mol. The zero-order valence-corrected chi connectivity index (χ0v) is 17.4. The molecule has 0 aliphatic carbocycles. The SMILES string of the molecule is COc1cccc(-c2noc([C@H]3CCCN(S(=O)(=O)c4cccc(Cl)c4)C3)n2)c1. The number of ether oxygens (including phenoxy) is 1. The van der Waals surface area contributed by atoms with Crippen LogP contribution in [0.1, 0.15) is 24.7 Å². The molecule has 3 aromatic rings. The number of rotatable bonds is 5. The Kier molecular flexibility index (Phi) is 5.58. The van der Waals surface area contributed by atoms with Crippen LogP contribution in [0.5, 0.6) is 5.75 Å². The highest BCUT2D eigenvalue weighted by Gasteiger charge is 2.33. The van der Waals surface area contributed by atoms with Gasteiger partial charge in [-0.15, -0.1) is 0 Å². The maximum absolute atomic E-state index is 13.0. The van der Waals surface area contributed by atoms with E-state index in [2.05, 4.69) is 10.1 Å². The predicted octanol–water partition coefficient (Wildman–Crippen LogP) is 3.97. The zero-order valence-electron chi connectivity index (χ0n) is 15.8. The third kappa shape index (κ3) is 4.14. The van der Waals surface area contributed by atoms with Crippen LogP contribution in [0.15, 0.2) is 57.9 Å². The molecule has 1 atom stereocenters. The van der Waals surface area contributed by atoms with E-state index in [-0.39, 0.29) is 17.4 Å². The molecule has 0 amide bonds. The number of sulfonamides is 1. The summed E-state index contributed by atoms with van der Waals surface area (Å²) in [6.07, 6.45) is 1.49. The van der Waals surface area contributed by atoms with Crippen LogP contribution >= 0.6 is 11.6 Å². The lowest BCUT2D eigenvalue weighted by atomic mass is 10.00. The maximum Gasteiger partial charge on any atom is 0.243 e. The number of aromatic nitrogens is 2. The van der Waals surface area contributed by atoms with Gasteiger partial charge in [0.05, 0.1) is 17.9 Å². The average Bonchev–Trinajstić information content (AvgIpc) is 3.24. The van der Waals surface area contributed by atoms with E-state index in [1.54, 1.807) is 25.3 Å². The van der Waals surface area contributed by atoms with Crippen molar-refractivity contribution in [3.63, 3.8) is 0 Å². The van der Waals surface area contributed by atoms with Gasteiger partial charge in [0.1, 0.15) is 5.75 Å². The van der Waals surface area contributed by atoms with Crippen LogP contribution in [-0.4, -0.2) is 43.1 Å². The lowest BCUT2D eigenvalue weighted by molar-refractivity contribution is 0.265. The number of methoxy groups -OCH3 is 1. The van der Waals surface area contributed by atoms with Gasteiger partial charge in [0.2, 0.25) is 21.7 Å². The van der Waals surface area contributed by atoms with Gasteiger partial charge < -0.3 is 9.26 Å². The molecule has 1 aliphatic rings. The molecule has 9 heteroatoms. The Labute approximate surface area is 174 Å². The van der Waals surface area contributed by atoms with E-state index < -0.39 is 10.0 Å². The largest absolute Gasteiger partial charge is 0.497 e. The van der Waals surface area contributed by atoms with E-state index in [1.165, 1.54) is 10.4 Å². The summed E-state index contributed by atoms with van der Waals surface area (Å²) in [4.78, 5) is 4.70. The van der Waals surface area contributed by atoms with Crippen LogP contribution < -0.4 is 4.74 Å². The third-order valence-corrected chi connectivity index (χ3v) is 7.03. The Balaban J connectivity index is 1.55. The molecule has 1 saturated heterocycles. The topological polar surface area (TPSA) is 85.5 Å². The molecular weight excluding hydrogens is 414 g/mol. The second-order valence-electron chi connectivity index (χ2n) is 6.85. The van der Waals surface area contributed by atoms with Crippen molar-refractivity contribution in [1.82, 2.24) is 14.4 Å². The smallest absolute Gasteiger partial charge is 0.243 e. The summed E-state index contributed by atoms with van der Waals surface area (Å²) in [6.45, 7) is 0.733. The zero-order chi connectivity index (χ0) is 20.4. The Bertz CT molecular complexity index is 1120. The van der Waals surface area contributed by atoms with Crippen LogP contribution in [0.2, 0.25) is 5.02 Å². The second-order valence-corrected chi connectivity index (χ2v) is 9.22. The molecule has 1 aromatic heterocycles. The van der Waals surface area contributed by atoms with Gasteiger partial charge in [-0.25, -0.2) is 8.42 Å². The Morgan fingerprint density at radius 3 is 2.83 bits per heavy atom. The summed E-state index contributed by atoms with van der Waals surface area (Å²) in [6, 6.07) is 13.7. The van der Waals surface area contributed by atoms with E-state index in [0.29, 0.717) is 35.5 Å². The number of piperidine rings is 1. The summed E-state index contributed by atoms with van der Waals surface area (Å²) in [5.74, 6) is 1.43. The van der Waals surface area contributed by atoms with Crippen molar-refractivity contribution in [3.8, 4) is 17.1 Å². The summed E-state index contributed by atoms with van der Waals surface area (Å²) in [5.41, 5.74) is 0.776. The Morgan fingerprint density at radius 1 is 1.21 bits per heavy atom. The summed E-state index contributed by atoms with van der Waals surface area (Å²) in [5, 5.41) is 4.46. The first-order chi connectivity index (χ1) is 14.0. The number of nitrogens with zero attached hydrogens (tertiary/aromatic N) is 3. The molecular formula is C20H20ClN3O4S. The highest BCUT2D eigenvalue weighted by molar-refractivity contribution is 7.89. The van der Waals surface area contributed by atoms with Crippen molar-refractivity contribution in [2.24, 2.45) is 0 Å². The van der Waals surface area contributed by atoms with E-state index in [4.69, 9.17) is 20.9 Å². The van der Waals surface area contributed by atoms with E-state index in [9.17, 15) is 8.42 Å². The van der Waals surface area contributed by atoms with Gasteiger partial charge in [0.15, 0.2) is 0 Å². The monoisotopic (exact) mass is 433 g/mol. The lowest BCUT2D eigenvalue weighted by Crippen LogP contribution is -2.39. The van der Waals surface area contributed by atoms with Crippen LogP contribution in [0.3, 0.4) is 0 Å². The summed E-state index contributed by atoms with van der Waals surface area (Å²) >= 11 is 5.97. The molecule has 29 heavy (non-hydrogen) atoms. The first-order valence-corrected chi connectivity index (χ1v) is 11.0. The molecule has 0 spiro atoms. The Hall–Kier alpha value is -2.42. The molecule has 7 nitrogen and oxygen atoms in total. The first kappa shape index (κ1) is 19.9. The number of halogens is 1. The van der Waals surface area contributed by atoms with Crippen molar-refractivity contribution >= 4 is 21.6 Å². The minimum atomic E-state index is -3.64. The Morgan fingerprint density at radius 2 is 2.03 bits per heavy atom. The first-order valence-electron chi connectivity index (χ1n) is 9.21. The van der Waals surface area contributed by atoms with Crippen LogP contribution in [0.25, 0.3) is 11.4 Å². The molecule has 1 fully saturated rings. The number of hydrogen-bond acceptors (Lipinski definition) is 6. The van der Waals surface area contributed by atoms with Gasteiger partial charge >= 0.3 is 0 Å². The summed E-state index contributed by atoms with van der Waals surface area (Å²) in [7, 11) is -2.04. The highest BCUT2D eigenvalue weighted by Crippen LogP contribution is 2.31. The molecule has 1 aliphatic heterocycles. The van der Waals surface area contributed by atoms with Crippen LogP contribution in [0, 0.1) is 0 Å². The van der Waals surface area contributed by atoms with Crippen molar-refractivity contribution < 1.29 is 17.7 Å². The van der Waals surface area contributed by atoms with Crippen molar-refractivity contribution in [2.75, 3.05) is 20.2 Å². The molecule has 0 radical (unpaired) electrons. The van der Waals surface area contributed by atoms with Gasteiger partial charge in [-0.2, -0.15) is 9.29 Å². The fourth-order valence-electron chi connectivity index (χ4n) is 3.42. The fraction of sp³-hybridized carbons (Fsp3) is 0.300. The van der Waals surface area contributed by atoms with Gasteiger partial charge in [-0.3, -0.25) is 0 Å². The van der Waals surface area contributed by atoms with E-state index >= 15 is 0 Å². The maximum atomic E-state index is 13.0. The molecule has 0 bridgehead atoms. The molecule has 0 unspecified atom stereocenters. The van der Waals surface area contributed by atoms with Gasteiger partial charge in [-0.05, 0) is 43.2 Å². The minimum absolute atomic E-state index is 0.162. The van der Waals surface area contributed by atoms with E-state index in [1.807, 2.05) is 24.3 Å². The van der Waals surface area contributed by atoms with Crippen molar-refractivity contribution in [1.29, 1.82) is 0 Å². The van der Waals surface area contributed by atoms with Gasteiger partial charge in [-0.1, -0.05) is 35.0 Å². The molecule has 0 N–H and O–H groups in total. The van der Waals surface area contributed by atoms with Crippen LogP contribution in [-0.2, 0) is 10.0 Å². The second kappa shape index (κ2) is 8.14. The molecule has 2 heterocycles. The summed E-state index contributed by atoms with van der Waals surface area (Å²) < 4.78 is 38.2. The van der Waals surface area contributed by atoms with Crippen molar-refractivity contribution in [3.05, 3.63) is 59.4 Å². The molecule has 4 rings (SSSR count). The van der Waals surface area contributed by atoms with Crippen LogP contribution in [0.4, 0.5) is 0 Å². The standard InChI is InChI=1S/C20H20ClN3O4S/c1-27-17-8-2-5-14(11-17)19-22-20(28-23-19)15-6-4-10-24(13-15)29(25,26)18-9-3-7-16(21)12-18/h2-3,5,7-9,11-12,15H,4,6,10,13H2,1H3/t15-/m0/s1. The number of hydrogen-bond donors (Lipinski definition) is 0. The van der Waals surface area contributed by atoms with Gasteiger partial charge in [0.25, 0.3) is 0 Å². The molecule has 0 saturated carbocycles. The highest BCUT2D eigenvalue weighted by atomic mass is 35.5. The number of benzene rings is 2. The molecule has 2 aromatic carbocycles. The van der Waals surface area contributed by atoms with Crippen molar-refractivity contribution in [2.45, 2.75) is 23.7 Å². The third-order valence-electron chi connectivity index (χ3n) is 4.94. The lowest BCUT2D eigenvalue weighted by Gasteiger charge is -2.30. The van der Waals surface area contributed by atoms with E-state index in [0.717, 1.165) is 12.0 Å². The average molecular weight is 434 g/mol. The van der Waals surface area contributed by atoms with Gasteiger partial charge in [0, 0.05) is 23.7 Å². The minimum Gasteiger partial charge on any atom is -0.497 e. The normalized spacial score (nSPS) is 17.9.